The molecule has 0 aliphatic carbocycles. The highest BCUT2D eigenvalue weighted by molar-refractivity contribution is 5.76. The van der Waals surface area contributed by atoms with E-state index in [1.54, 1.807) is 6.08 Å². The summed E-state index contributed by atoms with van der Waals surface area (Å²) in [7, 11) is 0. The van der Waals surface area contributed by atoms with Gasteiger partial charge in [-0.15, -0.1) is 0 Å². The lowest BCUT2D eigenvalue weighted by atomic mass is 9.99. The molecule has 0 saturated carbocycles. The van der Waals surface area contributed by atoms with E-state index in [1.807, 2.05) is 6.08 Å². The van der Waals surface area contributed by atoms with Crippen LogP contribution < -0.4 is 5.32 Å². The Balaban J connectivity index is 2.41. The number of nitrogens with one attached hydrogen (secondary N) is 1. The maximum Gasteiger partial charge on any atom is 0.220 e. The second-order valence-electron chi connectivity index (χ2n) is 14.8. The van der Waals surface area contributed by atoms with Crippen molar-refractivity contribution < 1.29 is 39.8 Å². The highest BCUT2D eigenvalue weighted by atomic mass is 16.7. The summed E-state index contributed by atoms with van der Waals surface area (Å²) in [6.45, 7) is 3.74. The molecule has 1 aliphatic rings. The maximum atomic E-state index is 12.9. The largest absolute Gasteiger partial charge is 0.394 e. The van der Waals surface area contributed by atoms with Crippen LogP contribution in [-0.2, 0) is 14.3 Å². The van der Waals surface area contributed by atoms with Crippen LogP contribution in [0.1, 0.15) is 181 Å². The van der Waals surface area contributed by atoms with Crippen molar-refractivity contribution in [3.63, 3.8) is 0 Å². The average molecular weight is 726 g/mol. The van der Waals surface area contributed by atoms with E-state index in [9.17, 15) is 30.3 Å². The molecule has 1 aliphatic heterocycles. The van der Waals surface area contributed by atoms with Crippen molar-refractivity contribution in [1.29, 1.82) is 0 Å². The third kappa shape index (κ3) is 24.6. The summed E-state index contributed by atoms with van der Waals surface area (Å²) in [6.07, 6.45) is 30.7. The summed E-state index contributed by atoms with van der Waals surface area (Å²) in [5, 5.41) is 54.0. The van der Waals surface area contributed by atoms with Crippen molar-refractivity contribution in [1.82, 2.24) is 5.32 Å². The molecular weight excluding hydrogens is 646 g/mol. The predicted molar refractivity (Wildman–Crippen MR) is 207 cm³/mol. The molecule has 9 nitrogen and oxygen atoms in total. The number of aliphatic hydroxyl groups excluding tert-OH is 5. The van der Waals surface area contributed by atoms with E-state index in [-0.39, 0.29) is 12.5 Å². The standard InChI is InChI=1S/C42H79NO8/c1-3-5-7-9-11-13-15-17-18-20-22-24-26-28-30-32-38(46)43-35(34-50-42-41(49)40(48)39(47)37(33-44)51-42)36(45)31-29-27-25-23-21-19-16-14-12-10-8-6-4-2/h13,15,29,31,35-37,39-42,44-45,47-49H,3-12,14,16-28,30,32-34H2,1-2H3,(H,43,46)/b15-13-,31-29+. The molecule has 1 amide bonds. The van der Waals surface area contributed by atoms with Crippen molar-refractivity contribution in [2.45, 2.75) is 224 Å². The van der Waals surface area contributed by atoms with Crippen molar-refractivity contribution >= 4 is 5.91 Å². The fourth-order valence-corrected chi connectivity index (χ4v) is 6.56. The van der Waals surface area contributed by atoms with E-state index in [4.69, 9.17) is 9.47 Å². The molecule has 0 spiro atoms. The molecule has 1 rings (SSSR count). The number of aliphatic hydroxyl groups is 5. The Kier molecular flexibility index (Phi) is 31.1. The first-order valence-electron chi connectivity index (χ1n) is 21.1. The van der Waals surface area contributed by atoms with Gasteiger partial charge in [0.2, 0.25) is 5.91 Å². The lowest BCUT2D eigenvalue weighted by molar-refractivity contribution is -0.302. The van der Waals surface area contributed by atoms with Gasteiger partial charge in [0.1, 0.15) is 24.4 Å². The molecule has 6 N–H and O–H groups in total. The summed E-state index contributed by atoms with van der Waals surface area (Å²) in [5.41, 5.74) is 0. The minimum atomic E-state index is -1.56. The van der Waals surface area contributed by atoms with Gasteiger partial charge in [0.15, 0.2) is 6.29 Å². The first-order valence-corrected chi connectivity index (χ1v) is 21.1. The molecule has 0 radical (unpaired) electrons. The third-order valence-corrected chi connectivity index (χ3v) is 10.0. The number of allylic oxidation sites excluding steroid dienone is 3. The molecule has 0 aromatic rings. The number of rotatable bonds is 34. The Bertz CT molecular complexity index is 853. The number of hydrogen-bond donors (Lipinski definition) is 6. The molecule has 1 saturated heterocycles. The third-order valence-electron chi connectivity index (χ3n) is 10.0. The van der Waals surface area contributed by atoms with Crippen LogP contribution in [0.2, 0.25) is 0 Å². The van der Waals surface area contributed by atoms with Crippen LogP contribution >= 0.6 is 0 Å². The lowest BCUT2D eigenvalue weighted by Gasteiger charge is -2.40. The number of unbranched alkanes of at least 4 members (excludes halogenated alkanes) is 22. The summed E-state index contributed by atoms with van der Waals surface area (Å²) in [5.74, 6) is -0.184. The van der Waals surface area contributed by atoms with E-state index < -0.39 is 49.5 Å². The van der Waals surface area contributed by atoms with Gasteiger partial charge in [0, 0.05) is 6.42 Å². The highest BCUT2D eigenvalue weighted by Gasteiger charge is 2.44. The van der Waals surface area contributed by atoms with Crippen LogP contribution in [0.5, 0.6) is 0 Å². The number of hydrogen-bond acceptors (Lipinski definition) is 8. The minimum absolute atomic E-state index is 0.184. The number of ether oxygens (including phenoxy) is 2. The molecule has 9 heteroatoms. The van der Waals surface area contributed by atoms with E-state index >= 15 is 0 Å². The second kappa shape index (κ2) is 33.3. The molecule has 0 aromatic carbocycles. The zero-order valence-electron chi connectivity index (χ0n) is 32.6. The van der Waals surface area contributed by atoms with Crippen LogP contribution in [0.25, 0.3) is 0 Å². The molecule has 0 aromatic heterocycles. The molecule has 7 unspecified atom stereocenters. The predicted octanol–water partition coefficient (Wildman–Crippen LogP) is 7.94. The first-order chi connectivity index (χ1) is 24.8. The highest BCUT2D eigenvalue weighted by Crippen LogP contribution is 2.22. The van der Waals surface area contributed by atoms with Gasteiger partial charge in [0.25, 0.3) is 0 Å². The second-order valence-corrected chi connectivity index (χ2v) is 14.8. The van der Waals surface area contributed by atoms with Crippen molar-refractivity contribution in [3.05, 3.63) is 24.3 Å². The first kappa shape index (κ1) is 47.7. The summed E-state index contributed by atoms with van der Waals surface area (Å²) in [4.78, 5) is 12.9. The van der Waals surface area contributed by atoms with E-state index in [1.165, 1.54) is 116 Å². The molecule has 300 valence electrons. The monoisotopic (exact) mass is 726 g/mol. The van der Waals surface area contributed by atoms with Crippen molar-refractivity contribution in [2.75, 3.05) is 13.2 Å². The molecule has 1 fully saturated rings. The maximum absolute atomic E-state index is 12.9. The summed E-state index contributed by atoms with van der Waals surface area (Å²) < 4.78 is 11.2. The Hall–Kier alpha value is -1.33. The van der Waals surface area contributed by atoms with Gasteiger partial charge in [-0.1, -0.05) is 154 Å². The van der Waals surface area contributed by atoms with Gasteiger partial charge in [-0.3, -0.25) is 4.79 Å². The molecule has 51 heavy (non-hydrogen) atoms. The zero-order valence-corrected chi connectivity index (χ0v) is 32.6. The van der Waals surface area contributed by atoms with Gasteiger partial charge in [-0.2, -0.15) is 0 Å². The van der Waals surface area contributed by atoms with Crippen LogP contribution in [0, 0.1) is 0 Å². The normalized spacial score (nSPS) is 22.2. The smallest absolute Gasteiger partial charge is 0.220 e. The number of amides is 1. The van der Waals surface area contributed by atoms with Crippen molar-refractivity contribution in [2.24, 2.45) is 0 Å². The fraction of sp³-hybridized carbons (Fsp3) is 0.881. The minimum Gasteiger partial charge on any atom is -0.394 e. The summed E-state index contributed by atoms with van der Waals surface area (Å²) >= 11 is 0. The van der Waals surface area contributed by atoms with E-state index in [0.29, 0.717) is 6.42 Å². The molecule has 7 atom stereocenters. The van der Waals surface area contributed by atoms with Crippen LogP contribution in [-0.4, -0.2) is 87.5 Å². The van der Waals surface area contributed by atoms with Crippen LogP contribution in [0.3, 0.4) is 0 Å². The topological polar surface area (TPSA) is 149 Å². The van der Waals surface area contributed by atoms with E-state index in [0.717, 1.165) is 44.9 Å². The Morgan fingerprint density at radius 3 is 1.61 bits per heavy atom. The summed E-state index contributed by atoms with van der Waals surface area (Å²) in [6, 6.07) is -0.802. The van der Waals surface area contributed by atoms with Crippen LogP contribution in [0.15, 0.2) is 24.3 Å². The zero-order chi connectivity index (χ0) is 37.4. The lowest BCUT2D eigenvalue weighted by Crippen LogP contribution is -2.60. The Morgan fingerprint density at radius 1 is 0.647 bits per heavy atom. The number of carbonyl (C=O) groups excluding carboxylic acids is 1. The number of carbonyl (C=O) groups is 1. The molecular formula is C42H79NO8. The Labute approximate surface area is 311 Å². The van der Waals surface area contributed by atoms with Gasteiger partial charge in [-0.05, 0) is 44.9 Å². The quantitative estimate of drug-likeness (QED) is 0.0289. The van der Waals surface area contributed by atoms with Gasteiger partial charge < -0.3 is 40.3 Å². The SMILES string of the molecule is CCCCCC/C=C\CCCCCCCCCC(=O)NC(COC1OC(CO)C(O)C(O)C1O)C(O)/C=C/CCCCCCCCCCCCC. The Morgan fingerprint density at radius 2 is 1.10 bits per heavy atom. The van der Waals surface area contributed by atoms with Gasteiger partial charge >= 0.3 is 0 Å². The molecule has 0 bridgehead atoms. The van der Waals surface area contributed by atoms with Crippen molar-refractivity contribution in [3.8, 4) is 0 Å². The average Bonchev–Trinajstić information content (AvgIpc) is 3.13. The fourth-order valence-electron chi connectivity index (χ4n) is 6.56. The van der Waals surface area contributed by atoms with Crippen LogP contribution in [0.4, 0.5) is 0 Å². The van der Waals surface area contributed by atoms with E-state index in [2.05, 4.69) is 31.3 Å². The van der Waals surface area contributed by atoms with Gasteiger partial charge in [-0.25, -0.2) is 0 Å². The van der Waals surface area contributed by atoms with Gasteiger partial charge in [0.05, 0.1) is 25.4 Å². The molecule has 1 heterocycles.